The Labute approximate surface area is 149 Å². The van der Waals surface area contributed by atoms with Gasteiger partial charge in [-0.15, -0.1) is 0 Å². The van der Waals surface area contributed by atoms with Crippen molar-refractivity contribution in [3.05, 3.63) is 50.3 Å². The molecule has 1 aromatic carbocycles. The number of methoxy groups -OCH3 is 1. The van der Waals surface area contributed by atoms with Crippen LogP contribution >= 0.6 is 11.6 Å². The predicted octanol–water partition coefficient (Wildman–Crippen LogP) is 2.44. The summed E-state index contributed by atoms with van der Waals surface area (Å²) in [6, 6.07) is 4.48. The maximum absolute atomic E-state index is 12.8. The van der Waals surface area contributed by atoms with E-state index < -0.39 is 17.2 Å². The fraction of sp³-hybridized carbons (Fsp3) is 0.353. The summed E-state index contributed by atoms with van der Waals surface area (Å²) in [7, 11) is 1.47. The Morgan fingerprint density at radius 2 is 1.92 bits per heavy atom. The molecule has 0 aliphatic heterocycles. The van der Waals surface area contributed by atoms with Crippen LogP contribution in [0.4, 0.5) is 0 Å². The third-order valence-corrected chi connectivity index (χ3v) is 3.80. The van der Waals surface area contributed by atoms with Crippen LogP contribution in [0.25, 0.3) is 11.1 Å². The highest BCUT2D eigenvalue weighted by Crippen LogP contribution is 2.30. The van der Waals surface area contributed by atoms with Gasteiger partial charge in [0.25, 0.3) is 5.56 Å². The SMILES string of the molecule is COc1ccc(Cl)cc1-c1cn(COC(C)=O)c(=O)n(C(C)C)c1=O. The highest BCUT2D eigenvalue weighted by molar-refractivity contribution is 6.31. The van der Waals surface area contributed by atoms with Gasteiger partial charge in [0, 0.05) is 29.7 Å². The second-order valence-corrected chi connectivity index (χ2v) is 6.11. The van der Waals surface area contributed by atoms with Crippen LogP contribution in [0.15, 0.2) is 34.0 Å². The molecule has 1 heterocycles. The maximum atomic E-state index is 12.8. The van der Waals surface area contributed by atoms with Crippen molar-refractivity contribution in [1.29, 1.82) is 0 Å². The van der Waals surface area contributed by atoms with Gasteiger partial charge >= 0.3 is 11.7 Å². The molecule has 0 aliphatic rings. The molecule has 0 radical (unpaired) electrons. The van der Waals surface area contributed by atoms with Crippen LogP contribution in [-0.4, -0.2) is 22.2 Å². The summed E-state index contributed by atoms with van der Waals surface area (Å²) >= 11 is 6.05. The Hall–Kier alpha value is -2.54. The summed E-state index contributed by atoms with van der Waals surface area (Å²) in [6.45, 7) is 4.39. The van der Waals surface area contributed by atoms with Crippen molar-refractivity contribution in [3.8, 4) is 16.9 Å². The number of halogens is 1. The fourth-order valence-electron chi connectivity index (χ4n) is 2.41. The van der Waals surface area contributed by atoms with Gasteiger partial charge in [-0.1, -0.05) is 11.6 Å². The van der Waals surface area contributed by atoms with Gasteiger partial charge in [-0.2, -0.15) is 0 Å². The van der Waals surface area contributed by atoms with Crippen molar-refractivity contribution < 1.29 is 14.3 Å². The molecule has 0 atom stereocenters. The number of carbonyl (C=O) groups is 1. The van der Waals surface area contributed by atoms with E-state index in [2.05, 4.69) is 0 Å². The summed E-state index contributed by atoms with van der Waals surface area (Å²) in [6.07, 6.45) is 1.35. The van der Waals surface area contributed by atoms with Crippen molar-refractivity contribution in [1.82, 2.24) is 9.13 Å². The van der Waals surface area contributed by atoms with Crippen molar-refractivity contribution in [2.45, 2.75) is 33.5 Å². The molecule has 0 fully saturated rings. The minimum absolute atomic E-state index is 0.222. The lowest BCUT2D eigenvalue weighted by atomic mass is 10.1. The first-order valence-electron chi connectivity index (χ1n) is 7.59. The van der Waals surface area contributed by atoms with Crippen LogP contribution < -0.4 is 16.0 Å². The average molecular weight is 367 g/mol. The van der Waals surface area contributed by atoms with Gasteiger partial charge in [-0.05, 0) is 32.0 Å². The number of benzene rings is 1. The molecule has 134 valence electrons. The molecule has 1 aromatic heterocycles. The summed E-state index contributed by atoms with van der Waals surface area (Å²) < 4.78 is 12.5. The van der Waals surface area contributed by atoms with Gasteiger partial charge in [0.2, 0.25) is 0 Å². The molecule has 7 nitrogen and oxygen atoms in total. The summed E-state index contributed by atoms with van der Waals surface area (Å²) in [4.78, 5) is 36.4. The monoisotopic (exact) mass is 366 g/mol. The van der Waals surface area contributed by atoms with Crippen molar-refractivity contribution in [3.63, 3.8) is 0 Å². The first-order chi connectivity index (χ1) is 11.8. The third-order valence-electron chi connectivity index (χ3n) is 3.56. The van der Waals surface area contributed by atoms with E-state index in [1.165, 1.54) is 24.8 Å². The number of nitrogens with zero attached hydrogens (tertiary/aromatic N) is 2. The Morgan fingerprint density at radius 1 is 1.24 bits per heavy atom. The molecule has 25 heavy (non-hydrogen) atoms. The third kappa shape index (κ3) is 3.93. The molecule has 2 aromatic rings. The van der Waals surface area contributed by atoms with Gasteiger partial charge in [0.1, 0.15) is 5.75 Å². The molecular formula is C17H19ClN2O5. The molecule has 8 heteroatoms. The lowest BCUT2D eigenvalue weighted by molar-refractivity contribution is -0.144. The standard InChI is InChI=1S/C17H19ClN2O5/c1-10(2)20-16(22)14(8-19(17(20)23)9-25-11(3)21)13-7-12(18)5-6-15(13)24-4/h5-8,10H,9H2,1-4H3. The van der Waals surface area contributed by atoms with Gasteiger partial charge in [0.15, 0.2) is 6.73 Å². The van der Waals surface area contributed by atoms with Gasteiger partial charge in [-0.3, -0.25) is 18.7 Å². The molecular weight excluding hydrogens is 348 g/mol. The Morgan fingerprint density at radius 3 is 2.48 bits per heavy atom. The van der Waals surface area contributed by atoms with Crippen LogP contribution in [0.5, 0.6) is 5.75 Å². The molecule has 0 aliphatic carbocycles. The normalized spacial score (nSPS) is 10.8. The lowest BCUT2D eigenvalue weighted by Gasteiger charge is -2.16. The number of ether oxygens (including phenoxy) is 2. The van der Waals surface area contributed by atoms with Crippen LogP contribution in [-0.2, 0) is 16.3 Å². The first kappa shape index (κ1) is 18.8. The minimum atomic E-state index is -0.564. The second kappa shape index (κ2) is 7.57. The van der Waals surface area contributed by atoms with Crippen LogP contribution in [0, 0.1) is 0 Å². The zero-order valence-corrected chi connectivity index (χ0v) is 15.2. The molecule has 0 N–H and O–H groups in total. The van der Waals surface area contributed by atoms with Crippen LogP contribution in [0.2, 0.25) is 5.02 Å². The zero-order chi connectivity index (χ0) is 18.7. The van der Waals surface area contributed by atoms with Crippen molar-refractivity contribution in [2.24, 2.45) is 0 Å². The largest absolute Gasteiger partial charge is 0.496 e. The van der Waals surface area contributed by atoms with E-state index in [1.807, 2.05) is 0 Å². The second-order valence-electron chi connectivity index (χ2n) is 5.67. The summed E-state index contributed by atoms with van der Waals surface area (Å²) in [5.74, 6) is -0.0921. The van der Waals surface area contributed by atoms with E-state index in [1.54, 1.807) is 32.0 Å². The van der Waals surface area contributed by atoms with E-state index in [9.17, 15) is 14.4 Å². The van der Waals surface area contributed by atoms with E-state index in [0.717, 1.165) is 4.57 Å². The molecule has 0 saturated heterocycles. The van der Waals surface area contributed by atoms with E-state index >= 15 is 0 Å². The molecule has 0 saturated carbocycles. The number of carbonyl (C=O) groups excluding carboxylic acids is 1. The fourth-order valence-corrected chi connectivity index (χ4v) is 2.58. The zero-order valence-electron chi connectivity index (χ0n) is 14.4. The highest BCUT2D eigenvalue weighted by Gasteiger charge is 2.18. The number of hydrogen-bond donors (Lipinski definition) is 0. The number of aromatic nitrogens is 2. The van der Waals surface area contributed by atoms with Gasteiger partial charge < -0.3 is 9.47 Å². The Kier molecular flexibility index (Phi) is 5.69. The van der Waals surface area contributed by atoms with E-state index in [-0.39, 0.29) is 18.3 Å². The Bertz CT molecular complexity index is 914. The summed E-state index contributed by atoms with van der Waals surface area (Å²) in [5, 5.41) is 0.420. The highest BCUT2D eigenvalue weighted by atomic mass is 35.5. The molecule has 0 bridgehead atoms. The van der Waals surface area contributed by atoms with Crippen LogP contribution in [0.3, 0.4) is 0 Å². The van der Waals surface area contributed by atoms with Gasteiger partial charge in [0.05, 0.1) is 12.7 Å². The lowest BCUT2D eigenvalue weighted by Crippen LogP contribution is -2.41. The predicted molar refractivity (Wildman–Crippen MR) is 94.1 cm³/mol. The smallest absolute Gasteiger partial charge is 0.333 e. The van der Waals surface area contributed by atoms with E-state index in [0.29, 0.717) is 16.3 Å². The molecule has 0 unspecified atom stereocenters. The molecule has 2 rings (SSSR count). The maximum Gasteiger partial charge on any atom is 0.333 e. The molecule has 0 amide bonds. The summed E-state index contributed by atoms with van der Waals surface area (Å²) in [5.41, 5.74) is -0.364. The Balaban J connectivity index is 2.78. The van der Waals surface area contributed by atoms with Crippen molar-refractivity contribution in [2.75, 3.05) is 7.11 Å². The number of esters is 1. The first-order valence-corrected chi connectivity index (χ1v) is 7.97. The van der Waals surface area contributed by atoms with Crippen LogP contribution in [0.1, 0.15) is 26.8 Å². The van der Waals surface area contributed by atoms with E-state index in [4.69, 9.17) is 21.1 Å². The van der Waals surface area contributed by atoms with Gasteiger partial charge in [-0.25, -0.2) is 4.79 Å². The minimum Gasteiger partial charge on any atom is -0.496 e. The molecule has 0 spiro atoms. The topological polar surface area (TPSA) is 79.5 Å². The number of hydrogen-bond acceptors (Lipinski definition) is 5. The quantitative estimate of drug-likeness (QED) is 0.759. The number of rotatable bonds is 5. The average Bonchev–Trinajstić information content (AvgIpc) is 2.53. The van der Waals surface area contributed by atoms with Crippen molar-refractivity contribution >= 4 is 17.6 Å².